The summed E-state index contributed by atoms with van der Waals surface area (Å²) in [7, 11) is 0. The van der Waals surface area contributed by atoms with Crippen molar-refractivity contribution in [2.75, 3.05) is 5.73 Å². The van der Waals surface area contributed by atoms with Gasteiger partial charge in [0.1, 0.15) is 17.7 Å². The highest BCUT2D eigenvalue weighted by atomic mass is 35.5. The van der Waals surface area contributed by atoms with E-state index in [1.165, 1.54) is 33.9 Å². The zero-order valence-corrected chi connectivity index (χ0v) is 24.4. The van der Waals surface area contributed by atoms with Gasteiger partial charge in [0.25, 0.3) is 0 Å². The van der Waals surface area contributed by atoms with Gasteiger partial charge in [-0.2, -0.15) is 9.97 Å². The Balaban J connectivity index is 1.15. The van der Waals surface area contributed by atoms with Gasteiger partial charge >= 0.3 is 11.9 Å². The quantitative estimate of drug-likeness (QED) is 0.170. The van der Waals surface area contributed by atoms with E-state index in [-0.39, 0.29) is 39.9 Å². The fourth-order valence-corrected chi connectivity index (χ4v) is 6.48. The maximum atomic E-state index is 16.0. The molecule has 16 heteroatoms. The Labute approximate surface area is 261 Å². The van der Waals surface area contributed by atoms with Gasteiger partial charge in [0, 0.05) is 11.8 Å². The van der Waals surface area contributed by atoms with Crippen LogP contribution in [0.5, 0.6) is 0 Å². The minimum absolute atomic E-state index is 0.0131. The summed E-state index contributed by atoms with van der Waals surface area (Å²) in [5.41, 5.74) is 5.65. The number of thiazole rings is 1. The van der Waals surface area contributed by atoms with E-state index in [2.05, 4.69) is 19.9 Å². The van der Waals surface area contributed by atoms with E-state index >= 15 is 4.39 Å². The van der Waals surface area contributed by atoms with E-state index < -0.39 is 47.7 Å². The number of rotatable bonds is 9. The van der Waals surface area contributed by atoms with Crippen molar-refractivity contribution < 1.29 is 38.8 Å². The number of nitrogens with two attached hydrogens (primary N) is 1. The number of anilines is 1. The van der Waals surface area contributed by atoms with Crippen LogP contribution in [0.1, 0.15) is 27.8 Å². The summed E-state index contributed by atoms with van der Waals surface area (Å²) in [5.74, 6) is -2.43. The summed E-state index contributed by atoms with van der Waals surface area (Å²) >= 11 is 7.09. The Morgan fingerprint density at radius 1 is 1.11 bits per heavy atom. The van der Waals surface area contributed by atoms with Crippen LogP contribution in [0.2, 0.25) is 5.28 Å². The SMILES string of the molecule is Nc1nc(Cl)nc2c1ncn2[C@@H]1O[C@@H]2C(O[C@@](Cc3ccc(-c4ccc(C(=O)O)cc4)cc3)(C(=O)O)c3cscn3)[C@]2(O)[C@@H]1F. The number of nitrogens with zero attached hydrogens (tertiary/aromatic N) is 5. The zero-order chi connectivity index (χ0) is 31.7. The Bertz CT molecular complexity index is 1940. The Morgan fingerprint density at radius 2 is 1.80 bits per heavy atom. The number of carboxylic acid groups (broad SMARTS) is 2. The molecule has 7 rings (SSSR count). The molecule has 3 aromatic heterocycles. The Hall–Kier alpha value is -4.54. The van der Waals surface area contributed by atoms with Gasteiger partial charge in [-0.05, 0) is 40.4 Å². The molecule has 0 bridgehead atoms. The average Bonchev–Trinajstić information content (AvgIpc) is 3.52. The molecule has 1 saturated heterocycles. The molecule has 5 N–H and O–H groups in total. The normalized spacial score (nSPS) is 25.1. The predicted molar refractivity (Wildman–Crippen MR) is 157 cm³/mol. The number of ether oxygens (including phenoxy) is 2. The van der Waals surface area contributed by atoms with Gasteiger partial charge in [-0.25, -0.2) is 23.9 Å². The van der Waals surface area contributed by atoms with Crippen molar-refractivity contribution in [1.82, 2.24) is 24.5 Å². The molecule has 2 fully saturated rings. The zero-order valence-electron chi connectivity index (χ0n) is 22.8. The van der Waals surface area contributed by atoms with Crippen LogP contribution in [-0.2, 0) is 26.3 Å². The van der Waals surface area contributed by atoms with Crippen molar-refractivity contribution in [3.8, 4) is 11.1 Å². The number of aromatic carboxylic acids is 1. The van der Waals surface area contributed by atoms with Crippen molar-refractivity contribution in [2.45, 2.75) is 42.2 Å². The summed E-state index contributed by atoms with van der Waals surface area (Å²) in [5, 5.41) is 32.4. The molecular formula is C29H22ClFN6O7S. The second-order valence-corrected chi connectivity index (χ2v) is 11.8. The van der Waals surface area contributed by atoms with E-state index in [0.717, 1.165) is 22.5 Å². The van der Waals surface area contributed by atoms with E-state index in [1.807, 2.05) is 0 Å². The van der Waals surface area contributed by atoms with Crippen LogP contribution < -0.4 is 5.73 Å². The number of halogens is 2. The number of imidazole rings is 1. The van der Waals surface area contributed by atoms with Crippen LogP contribution in [0.15, 0.2) is 65.7 Å². The number of benzene rings is 2. The van der Waals surface area contributed by atoms with E-state index in [1.54, 1.807) is 36.4 Å². The molecule has 6 atom stereocenters. The molecule has 0 amide bonds. The lowest BCUT2D eigenvalue weighted by Gasteiger charge is -2.31. The summed E-state index contributed by atoms with van der Waals surface area (Å²) in [6.07, 6.45) is -4.94. The van der Waals surface area contributed by atoms with Gasteiger partial charge in [-0.15, -0.1) is 11.3 Å². The third-order valence-corrected chi connectivity index (χ3v) is 8.90. The lowest BCUT2D eigenvalue weighted by molar-refractivity contribution is -0.183. The van der Waals surface area contributed by atoms with Crippen LogP contribution in [0.3, 0.4) is 0 Å². The second kappa shape index (κ2) is 10.5. The second-order valence-electron chi connectivity index (χ2n) is 10.7. The fourth-order valence-electron chi connectivity index (χ4n) is 5.70. The van der Waals surface area contributed by atoms with Gasteiger partial charge in [0.2, 0.25) is 10.9 Å². The van der Waals surface area contributed by atoms with Crippen LogP contribution in [0, 0.1) is 0 Å². The molecule has 1 aliphatic carbocycles. The number of aliphatic hydroxyl groups is 1. The first-order chi connectivity index (χ1) is 21.5. The molecular weight excluding hydrogens is 631 g/mol. The minimum Gasteiger partial charge on any atom is -0.479 e. The predicted octanol–water partition coefficient (Wildman–Crippen LogP) is 3.47. The van der Waals surface area contributed by atoms with Gasteiger partial charge < -0.3 is 30.5 Å². The number of aromatic nitrogens is 5. The van der Waals surface area contributed by atoms with Crippen LogP contribution in [0.4, 0.5) is 10.2 Å². The topological polar surface area (TPSA) is 196 Å². The summed E-state index contributed by atoms with van der Waals surface area (Å²) in [4.78, 5) is 40.3. The number of carbonyl (C=O) groups is 2. The lowest BCUT2D eigenvalue weighted by atomic mass is 9.90. The monoisotopic (exact) mass is 652 g/mol. The van der Waals surface area contributed by atoms with Crippen molar-refractivity contribution in [3.05, 3.63) is 87.9 Å². The highest BCUT2D eigenvalue weighted by Crippen LogP contribution is 2.58. The molecule has 4 heterocycles. The molecule has 1 unspecified atom stereocenters. The smallest absolute Gasteiger partial charge is 0.342 e. The van der Waals surface area contributed by atoms with Crippen LogP contribution in [-0.4, -0.2) is 75.7 Å². The molecule has 5 aromatic rings. The Morgan fingerprint density at radius 3 is 2.38 bits per heavy atom. The maximum absolute atomic E-state index is 16.0. The third kappa shape index (κ3) is 4.62. The molecule has 0 radical (unpaired) electrons. The van der Waals surface area contributed by atoms with Crippen molar-refractivity contribution in [3.63, 3.8) is 0 Å². The van der Waals surface area contributed by atoms with E-state index in [4.69, 9.17) is 31.9 Å². The number of carboxylic acids is 2. The molecule has 13 nitrogen and oxygen atoms in total. The van der Waals surface area contributed by atoms with Crippen molar-refractivity contribution >= 4 is 51.9 Å². The van der Waals surface area contributed by atoms with Gasteiger partial charge in [0.15, 0.2) is 29.5 Å². The molecule has 2 aromatic carbocycles. The van der Waals surface area contributed by atoms with Crippen molar-refractivity contribution in [2.24, 2.45) is 0 Å². The largest absolute Gasteiger partial charge is 0.479 e. The van der Waals surface area contributed by atoms with E-state index in [9.17, 15) is 19.8 Å². The number of fused-ring (bicyclic) bond motifs is 2. The Kier molecular flexibility index (Phi) is 6.83. The standard InChI is InChI=1S/C29H22ClFN6O7S/c30-27-35-22(32)18-23(36-27)37(11-33-18)24-19(31)29(42)20(43-24)21(29)44-28(26(40)41,17-10-45-12-34-17)9-13-1-3-14(4-2-13)15-5-7-16(8-6-15)25(38)39/h1-8,10-12,19-21,24,42H,9H2,(H,38,39)(H,40,41)(H2,32,35,36)/t19-,20-,21?,24-,28-,29+/m1/s1. The molecule has 45 heavy (non-hydrogen) atoms. The van der Waals surface area contributed by atoms with Crippen molar-refractivity contribution in [1.29, 1.82) is 0 Å². The first kappa shape index (κ1) is 29.2. The summed E-state index contributed by atoms with van der Waals surface area (Å²) < 4.78 is 29.2. The van der Waals surface area contributed by atoms with Gasteiger partial charge in [-0.3, -0.25) is 4.57 Å². The summed E-state index contributed by atoms with van der Waals surface area (Å²) in [6.45, 7) is 0. The molecule has 2 aliphatic rings. The number of nitrogen functional groups attached to an aromatic ring is 1. The fraction of sp³-hybridized carbons (Fsp3) is 0.241. The highest BCUT2D eigenvalue weighted by molar-refractivity contribution is 7.07. The molecule has 1 saturated carbocycles. The van der Waals surface area contributed by atoms with Gasteiger partial charge in [0.05, 0.1) is 23.1 Å². The minimum atomic E-state index is -2.17. The van der Waals surface area contributed by atoms with Crippen LogP contribution in [0.25, 0.3) is 22.3 Å². The molecule has 0 spiro atoms. The highest BCUT2D eigenvalue weighted by Gasteiger charge is 2.80. The summed E-state index contributed by atoms with van der Waals surface area (Å²) in [6, 6.07) is 13.3. The first-order valence-electron chi connectivity index (χ1n) is 13.4. The average molecular weight is 653 g/mol. The van der Waals surface area contributed by atoms with Crippen LogP contribution >= 0.6 is 22.9 Å². The number of hydrogen-bond acceptors (Lipinski definition) is 11. The number of alkyl halides is 1. The maximum Gasteiger partial charge on any atom is 0.342 e. The lowest BCUT2D eigenvalue weighted by Crippen LogP contribution is -2.45. The molecule has 1 aliphatic heterocycles. The number of hydrogen-bond donors (Lipinski definition) is 4. The first-order valence-corrected chi connectivity index (χ1v) is 14.7. The third-order valence-electron chi connectivity index (χ3n) is 8.14. The van der Waals surface area contributed by atoms with E-state index in [0.29, 0.717) is 5.56 Å². The van der Waals surface area contributed by atoms with Gasteiger partial charge in [-0.1, -0.05) is 36.4 Å². The molecule has 230 valence electrons. The number of aliphatic carboxylic acids is 1.